The van der Waals surface area contributed by atoms with Crippen molar-refractivity contribution in [3.05, 3.63) is 47.5 Å². The van der Waals surface area contributed by atoms with Crippen LogP contribution in [0.15, 0.2) is 36.4 Å². The summed E-state index contributed by atoms with van der Waals surface area (Å²) in [5.74, 6) is -7.77. The summed E-state index contributed by atoms with van der Waals surface area (Å²) in [5, 5.41) is 38.2. The number of carbonyl (C=O) groups excluding carboxylic acids is 4. The molecule has 14 nitrogen and oxygen atoms in total. The maximum atomic E-state index is 14.7. The van der Waals surface area contributed by atoms with Crippen molar-refractivity contribution >= 4 is 23.6 Å². The monoisotopic (exact) mass is 934 g/mol. The van der Waals surface area contributed by atoms with Crippen molar-refractivity contribution in [1.82, 2.24) is 5.32 Å². The largest absolute Gasteiger partial charge is 1.00 e. The molecule has 2 spiro atoms. The molecule has 5 aliphatic heterocycles. The number of aliphatic carboxylic acids is 1. The van der Waals surface area contributed by atoms with Crippen LogP contribution in [0.4, 0.5) is 0 Å². The van der Waals surface area contributed by atoms with E-state index in [4.69, 9.17) is 28.4 Å². The average Bonchev–Trinajstić information content (AvgIpc) is 3.63. The zero-order chi connectivity index (χ0) is 47.8. The number of nitrogens with one attached hydrogen (secondary N) is 1. The summed E-state index contributed by atoms with van der Waals surface area (Å²) in [4.78, 5) is 52.7. The molecule has 0 radical (unpaired) electrons. The fourth-order valence-corrected chi connectivity index (χ4v) is 11.8. The van der Waals surface area contributed by atoms with Crippen LogP contribution in [0, 0.1) is 41.4 Å². The number of carboxylic acid groups (broad SMARTS) is 1. The molecule has 1 aromatic carbocycles. The van der Waals surface area contributed by atoms with Gasteiger partial charge in [0, 0.05) is 47.5 Å². The fraction of sp³-hybridized carbons (Fsp3) is 0.765. The van der Waals surface area contributed by atoms with E-state index in [0.29, 0.717) is 68.9 Å². The number of esters is 1. The Labute approximate surface area is 414 Å². The number of hydrogen-bond acceptors (Lipinski definition) is 13. The second-order valence-electron chi connectivity index (χ2n) is 20.5. The Morgan fingerprint density at radius 3 is 2.12 bits per heavy atom. The van der Waals surface area contributed by atoms with E-state index < -0.39 is 101 Å². The quantitative estimate of drug-likeness (QED) is 0.132. The molecule has 4 saturated heterocycles. The Hall–Kier alpha value is -2.24. The average molecular weight is 934 g/mol. The molecule has 0 aliphatic carbocycles. The van der Waals surface area contributed by atoms with E-state index >= 15 is 0 Å². The first-order valence-electron chi connectivity index (χ1n) is 24.3. The van der Waals surface area contributed by atoms with E-state index in [1.54, 1.807) is 26.0 Å². The minimum atomic E-state index is -1.43. The third kappa shape index (κ3) is 10.7. The Balaban J connectivity index is 0.00000817. The van der Waals surface area contributed by atoms with Crippen molar-refractivity contribution in [2.75, 3.05) is 7.11 Å². The summed E-state index contributed by atoms with van der Waals surface area (Å²) in [6, 6.07) is 5.41. The normalized spacial score (nSPS) is 39.0. The number of ether oxygens (including phenoxy) is 6. The van der Waals surface area contributed by atoms with Crippen molar-refractivity contribution in [2.24, 2.45) is 41.4 Å². The smallest absolute Gasteiger partial charge is 0.550 e. The SMILES string of the molecule is CC[C@@H](C(=O)[C@@H](C)[C@@H](O)[C@H](C)[C@@H]1O[C@@H]([C@@H](CC)C(=O)[O-])CC[C@@H]1C)[C@H]1O[C@]2(C=C[C@H](NC(=O)c3ccc(C(=O)OC)cc3)[C@]3(CC[C@@](C)([C@H]4CC[C@](O)(CC)[C@H](C)O4)O3)O2)[C@H](C)C[C@@H]1C.[Na+]. The van der Waals surface area contributed by atoms with E-state index in [-0.39, 0.29) is 59.2 Å². The molecule has 0 bridgehead atoms. The third-order valence-electron chi connectivity index (χ3n) is 16.3. The number of rotatable bonds is 15. The molecule has 0 saturated carbocycles. The van der Waals surface area contributed by atoms with Crippen LogP contribution in [0.3, 0.4) is 0 Å². The number of carboxylic acids is 1. The van der Waals surface area contributed by atoms with Crippen LogP contribution < -0.4 is 40.0 Å². The van der Waals surface area contributed by atoms with E-state index in [2.05, 4.69) is 19.2 Å². The maximum absolute atomic E-state index is 14.7. The molecule has 0 aromatic heterocycles. The molecular weight excluding hydrogens is 858 g/mol. The van der Waals surface area contributed by atoms with E-state index in [9.17, 15) is 34.5 Å². The van der Waals surface area contributed by atoms with Crippen LogP contribution >= 0.6 is 0 Å². The molecule has 5 aliphatic rings. The molecule has 1 aromatic rings. The molecule has 364 valence electrons. The predicted octanol–water partition coefficient (Wildman–Crippen LogP) is 3.08. The second kappa shape index (κ2) is 21.8. The summed E-state index contributed by atoms with van der Waals surface area (Å²) >= 11 is 0. The second-order valence-corrected chi connectivity index (χ2v) is 20.5. The Bertz CT molecular complexity index is 1900. The molecule has 4 fully saturated rings. The van der Waals surface area contributed by atoms with Crippen LogP contribution in [0.2, 0.25) is 0 Å². The van der Waals surface area contributed by atoms with E-state index in [1.165, 1.54) is 19.2 Å². The molecule has 15 heteroatoms. The van der Waals surface area contributed by atoms with Gasteiger partial charge >= 0.3 is 35.5 Å². The first-order valence-corrected chi connectivity index (χ1v) is 24.3. The summed E-state index contributed by atoms with van der Waals surface area (Å²) in [7, 11) is 1.30. The molecular formula is C51H76NNaO13. The number of aliphatic hydroxyl groups is 2. The van der Waals surface area contributed by atoms with Gasteiger partial charge in [-0.25, -0.2) is 4.79 Å². The van der Waals surface area contributed by atoms with Gasteiger partial charge in [-0.15, -0.1) is 0 Å². The van der Waals surface area contributed by atoms with Crippen LogP contribution in [0.25, 0.3) is 0 Å². The van der Waals surface area contributed by atoms with Crippen molar-refractivity contribution in [3.63, 3.8) is 0 Å². The van der Waals surface area contributed by atoms with Gasteiger partial charge in [-0.3, -0.25) is 9.59 Å². The standard InChI is InChI=1S/C51H77NO13.Na/c1-12-36(46(56)57)38-20-15-28(4)43(62-38)32(8)41(53)31(7)42(54)37(13-2)44-29(5)27-30(6)50(63-44)24-21-39(52-45(55)34-16-18-35(19-17-34)47(58)60-11)51(65-50)26-25-48(10,64-51)40-22-23-49(59,14-3)33(9)61-40;/h16-19,21,24,28-33,36-41,43-44,53,59H,12-15,20,22-23,25-27H2,1-11H3,(H,52,55)(H,56,57);/q;+1/p-1/t28-,29-,30+,31-,32-,33-,36+,37-,38+,39-,40+,41+,43+,44-,48-,49+,50-,51-;/m0./s1. The molecule has 66 heavy (non-hydrogen) atoms. The van der Waals surface area contributed by atoms with Gasteiger partial charge in [-0.1, -0.05) is 61.5 Å². The minimum Gasteiger partial charge on any atom is -0.550 e. The van der Waals surface area contributed by atoms with Gasteiger partial charge in [0.2, 0.25) is 0 Å². The van der Waals surface area contributed by atoms with Crippen LogP contribution in [0.5, 0.6) is 0 Å². The summed E-state index contributed by atoms with van der Waals surface area (Å²) < 4.78 is 39.4. The predicted molar refractivity (Wildman–Crippen MR) is 239 cm³/mol. The number of methoxy groups -OCH3 is 1. The number of Topliss-reactive ketones (excluding diaryl/α,β-unsaturated/α-hetero) is 1. The number of aliphatic hydroxyl groups excluding tert-OH is 1. The number of benzene rings is 1. The summed E-state index contributed by atoms with van der Waals surface area (Å²) in [5.41, 5.74) is -1.18. The van der Waals surface area contributed by atoms with Crippen molar-refractivity contribution in [2.45, 2.75) is 199 Å². The molecule has 5 heterocycles. The Morgan fingerprint density at radius 2 is 1.53 bits per heavy atom. The summed E-state index contributed by atoms with van der Waals surface area (Å²) in [6.07, 6.45) is 5.65. The molecule has 1 amide bonds. The number of carbonyl (C=O) groups is 4. The van der Waals surface area contributed by atoms with Crippen LogP contribution in [-0.4, -0.2) is 106 Å². The summed E-state index contributed by atoms with van der Waals surface area (Å²) in [6.45, 7) is 19.4. The zero-order valence-corrected chi connectivity index (χ0v) is 43.5. The fourth-order valence-electron chi connectivity index (χ4n) is 11.8. The molecule has 18 atom stereocenters. The van der Waals surface area contributed by atoms with Crippen molar-refractivity contribution < 1.29 is 92.5 Å². The van der Waals surface area contributed by atoms with E-state index in [1.807, 2.05) is 53.7 Å². The number of ketones is 1. The van der Waals surface area contributed by atoms with Gasteiger partial charge < -0.3 is 53.9 Å². The van der Waals surface area contributed by atoms with Gasteiger partial charge in [0.05, 0.1) is 60.5 Å². The molecule has 3 N–H and O–H groups in total. The molecule has 0 unspecified atom stereocenters. The number of amides is 1. The third-order valence-corrected chi connectivity index (χ3v) is 16.3. The Morgan fingerprint density at radius 1 is 0.879 bits per heavy atom. The first-order chi connectivity index (χ1) is 30.6. The van der Waals surface area contributed by atoms with Gasteiger partial charge in [0.1, 0.15) is 11.8 Å². The van der Waals surface area contributed by atoms with Crippen molar-refractivity contribution in [1.29, 1.82) is 0 Å². The zero-order valence-electron chi connectivity index (χ0n) is 41.5. The van der Waals surface area contributed by atoms with Gasteiger partial charge in [-0.05, 0) is 114 Å². The van der Waals surface area contributed by atoms with Gasteiger partial charge in [0.25, 0.3) is 5.91 Å². The van der Waals surface area contributed by atoms with Gasteiger partial charge in [-0.2, -0.15) is 0 Å². The van der Waals surface area contributed by atoms with Crippen LogP contribution in [-0.2, 0) is 38.0 Å². The van der Waals surface area contributed by atoms with Gasteiger partial charge in [0.15, 0.2) is 11.6 Å². The topological polar surface area (TPSA) is 199 Å². The van der Waals surface area contributed by atoms with Crippen molar-refractivity contribution in [3.8, 4) is 0 Å². The first kappa shape index (κ1) is 54.7. The van der Waals surface area contributed by atoms with E-state index in [0.717, 1.165) is 6.42 Å². The molecule has 6 rings (SSSR count). The minimum absolute atomic E-state index is 0. The Kier molecular flexibility index (Phi) is 18.1. The van der Waals surface area contributed by atoms with Crippen LogP contribution in [0.1, 0.15) is 154 Å². The number of hydrogen-bond donors (Lipinski definition) is 3. The maximum Gasteiger partial charge on any atom is 1.00 e.